The van der Waals surface area contributed by atoms with Crippen molar-refractivity contribution in [1.29, 1.82) is 0 Å². The molecule has 0 saturated heterocycles. The molecule has 2 aromatic rings. The fourth-order valence-corrected chi connectivity index (χ4v) is 1.90. The third kappa shape index (κ3) is 1.80. The second-order valence-corrected chi connectivity index (χ2v) is 4.59. The predicted octanol–water partition coefficient (Wildman–Crippen LogP) is 4.20. The average Bonchev–Trinajstić information content (AvgIpc) is 2.72. The Morgan fingerprint density at radius 2 is 1.94 bits per heavy atom. The van der Waals surface area contributed by atoms with Crippen LogP contribution in [0.15, 0.2) is 28.9 Å². The van der Waals surface area contributed by atoms with Gasteiger partial charge in [-0.1, -0.05) is 20.8 Å². The number of methoxy groups -OCH3 is 1. The van der Waals surface area contributed by atoms with Crippen molar-refractivity contribution >= 4 is 11.0 Å². The Bertz CT molecular complexity index is 482. The van der Waals surface area contributed by atoms with Crippen molar-refractivity contribution in [2.45, 2.75) is 26.7 Å². The molecule has 2 nitrogen and oxygen atoms in total. The summed E-state index contributed by atoms with van der Waals surface area (Å²) in [6, 6.07) is 6.14. The van der Waals surface area contributed by atoms with Crippen LogP contribution in [-0.2, 0) is 0 Å². The first-order chi connectivity index (χ1) is 7.63. The van der Waals surface area contributed by atoms with E-state index in [9.17, 15) is 0 Å². The predicted molar refractivity (Wildman–Crippen MR) is 66.0 cm³/mol. The summed E-state index contributed by atoms with van der Waals surface area (Å²) in [6.07, 6.45) is 1.72. The van der Waals surface area contributed by atoms with Gasteiger partial charge in [0.1, 0.15) is 11.3 Å². The minimum absolute atomic E-state index is 0.481. The number of ether oxygens (including phenoxy) is 1. The van der Waals surface area contributed by atoms with Crippen molar-refractivity contribution in [2.75, 3.05) is 7.11 Å². The number of hydrogen-bond donors (Lipinski definition) is 0. The number of furan rings is 1. The SMILES string of the molecule is COc1cc2occc2cc1C(C)C(C)C. The number of hydrogen-bond acceptors (Lipinski definition) is 2. The van der Waals surface area contributed by atoms with E-state index in [0.29, 0.717) is 11.8 Å². The van der Waals surface area contributed by atoms with E-state index >= 15 is 0 Å². The van der Waals surface area contributed by atoms with Crippen LogP contribution in [0.2, 0.25) is 0 Å². The fourth-order valence-electron chi connectivity index (χ4n) is 1.90. The Hall–Kier alpha value is -1.44. The summed E-state index contributed by atoms with van der Waals surface area (Å²) in [7, 11) is 1.71. The van der Waals surface area contributed by atoms with Crippen LogP contribution in [0.4, 0.5) is 0 Å². The maximum Gasteiger partial charge on any atom is 0.137 e. The van der Waals surface area contributed by atoms with Gasteiger partial charge in [-0.15, -0.1) is 0 Å². The van der Waals surface area contributed by atoms with E-state index < -0.39 is 0 Å². The Morgan fingerprint density at radius 3 is 2.56 bits per heavy atom. The summed E-state index contributed by atoms with van der Waals surface area (Å²) >= 11 is 0. The molecule has 1 aromatic carbocycles. The van der Waals surface area contributed by atoms with E-state index in [1.54, 1.807) is 13.4 Å². The van der Waals surface area contributed by atoms with E-state index in [1.807, 2.05) is 12.1 Å². The van der Waals surface area contributed by atoms with Crippen LogP contribution in [0.25, 0.3) is 11.0 Å². The number of rotatable bonds is 3. The Morgan fingerprint density at radius 1 is 1.19 bits per heavy atom. The quantitative estimate of drug-likeness (QED) is 0.770. The number of fused-ring (bicyclic) bond motifs is 1. The minimum Gasteiger partial charge on any atom is -0.496 e. The largest absolute Gasteiger partial charge is 0.496 e. The maximum atomic E-state index is 5.43. The highest BCUT2D eigenvalue weighted by molar-refractivity contribution is 5.80. The molecule has 0 spiro atoms. The van der Waals surface area contributed by atoms with Gasteiger partial charge >= 0.3 is 0 Å². The zero-order valence-corrected chi connectivity index (χ0v) is 10.3. The summed E-state index contributed by atoms with van der Waals surface area (Å²) < 4.78 is 10.8. The van der Waals surface area contributed by atoms with Gasteiger partial charge in [0.05, 0.1) is 13.4 Å². The second-order valence-electron chi connectivity index (χ2n) is 4.59. The molecule has 0 fully saturated rings. The lowest BCUT2D eigenvalue weighted by molar-refractivity contribution is 0.399. The van der Waals surface area contributed by atoms with Crippen LogP contribution in [-0.4, -0.2) is 7.11 Å². The van der Waals surface area contributed by atoms with Gasteiger partial charge in [-0.3, -0.25) is 0 Å². The lowest BCUT2D eigenvalue weighted by Gasteiger charge is -2.19. The highest BCUT2D eigenvalue weighted by Gasteiger charge is 2.16. The van der Waals surface area contributed by atoms with Crippen molar-refractivity contribution in [2.24, 2.45) is 5.92 Å². The number of benzene rings is 1. The lowest BCUT2D eigenvalue weighted by atomic mass is 9.89. The molecule has 0 aliphatic rings. The first-order valence-electron chi connectivity index (χ1n) is 5.68. The van der Waals surface area contributed by atoms with Crippen molar-refractivity contribution in [3.8, 4) is 5.75 Å². The standard InChI is InChI=1S/C14H18O2/c1-9(2)10(3)12-7-11-5-6-16-13(11)8-14(12)15-4/h5-10H,1-4H3. The van der Waals surface area contributed by atoms with Gasteiger partial charge in [-0.05, 0) is 29.5 Å². The van der Waals surface area contributed by atoms with Crippen molar-refractivity contribution < 1.29 is 9.15 Å². The third-order valence-electron chi connectivity index (χ3n) is 3.30. The van der Waals surface area contributed by atoms with Crippen molar-refractivity contribution in [3.63, 3.8) is 0 Å². The first-order valence-corrected chi connectivity index (χ1v) is 5.68. The molecule has 2 heteroatoms. The maximum absolute atomic E-state index is 5.43. The summed E-state index contributed by atoms with van der Waals surface area (Å²) in [6.45, 7) is 6.68. The third-order valence-corrected chi connectivity index (χ3v) is 3.30. The second kappa shape index (κ2) is 4.20. The average molecular weight is 218 g/mol. The Balaban J connectivity index is 2.56. The van der Waals surface area contributed by atoms with Crippen LogP contribution in [0.5, 0.6) is 5.75 Å². The topological polar surface area (TPSA) is 22.4 Å². The highest BCUT2D eigenvalue weighted by Crippen LogP contribution is 2.35. The first kappa shape index (κ1) is 11.1. The Labute approximate surface area is 96.2 Å². The molecule has 0 aliphatic carbocycles. The summed E-state index contributed by atoms with van der Waals surface area (Å²) in [5, 5.41) is 1.14. The molecule has 0 bridgehead atoms. The lowest BCUT2D eigenvalue weighted by Crippen LogP contribution is -2.04. The molecule has 0 amide bonds. The molecule has 0 N–H and O–H groups in total. The molecule has 1 aromatic heterocycles. The van der Waals surface area contributed by atoms with E-state index in [2.05, 4.69) is 26.8 Å². The monoisotopic (exact) mass is 218 g/mol. The van der Waals surface area contributed by atoms with Gasteiger partial charge in [0, 0.05) is 11.5 Å². The van der Waals surface area contributed by atoms with Gasteiger partial charge < -0.3 is 9.15 Å². The molecule has 0 radical (unpaired) electrons. The summed E-state index contributed by atoms with van der Waals surface area (Å²) in [4.78, 5) is 0. The van der Waals surface area contributed by atoms with Gasteiger partial charge in [0.25, 0.3) is 0 Å². The van der Waals surface area contributed by atoms with Crippen LogP contribution >= 0.6 is 0 Å². The van der Waals surface area contributed by atoms with Gasteiger partial charge in [0.15, 0.2) is 0 Å². The highest BCUT2D eigenvalue weighted by atomic mass is 16.5. The molecule has 1 atom stereocenters. The minimum atomic E-state index is 0.481. The van der Waals surface area contributed by atoms with Gasteiger partial charge in [-0.25, -0.2) is 0 Å². The Kier molecular flexibility index (Phi) is 2.90. The molecule has 16 heavy (non-hydrogen) atoms. The molecule has 86 valence electrons. The van der Waals surface area contributed by atoms with E-state index in [0.717, 1.165) is 16.7 Å². The van der Waals surface area contributed by atoms with Crippen LogP contribution in [0.1, 0.15) is 32.3 Å². The molecule has 1 unspecified atom stereocenters. The zero-order valence-electron chi connectivity index (χ0n) is 10.3. The van der Waals surface area contributed by atoms with Crippen LogP contribution in [0.3, 0.4) is 0 Å². The van der Waals surface area contributed by atoms with Crippen LogP contribution < -0.4 is 4.74 Å². The van der Waals surface area contributed by atoms with Crippen molar-refractivity contribution in [1.82, 2.24) is 0 Å². The normalized spacial score (nSPS) is 13.3. The van der Waals surface area contributed by atoms with Gasteiger partial charge in [0.2, 0.25) is 0 Å². The molecular weight excluding hydrogens is 200 g/mol. The van der Waals surface area contributed by atoms with E-state index in [-0.39, 0.29) is 0 Å². The molecule has 0 saturated carbocycles. The van der Waals surface area contributed by atoms with Crippen molar-refractivity contribution in [3.05, 3.63) is 30.0 Å². The zero-order chi connectivity index (χ0) is 11.7. The molecular formula is C14H18O2. The molecule has 1 heterocycles. The van der Waals surface area contributed by atoms with Gasteiger partial charge in [-0.2, -0.15) is 0 Å². The van der Waals surface area contributed by atoms with Crippen LogP contribution in [0, 0.1) is 5.92 Å². The molecule has 0 aliphatic heterocycles. The fraction of sp³-hybridized carbons (Fsp3) is 0.429. The summed E-state index contributed by atoms with van der Waals surface area (Å²) in [5.41, 5.74) is 2.14. The summed E-state index contributed by atoms with van der Waals surface area (Å²) in [5.74, 6) is 2.00. The van der Waals surface area contributed by atoms with E-state index in [4.69, 9.17) is 9.15 Å². The smallest absolute Gasteiger partial charge is 0.137 e. The van der Waals surface area contributed by atoms with E-state index in [1.165, 1.54) is 5.56 Å². The molecule has 2 rings (SSSR count).